The highest BCUT2D eigenvalue weighted by Gasteiger charge is 2.14. The number of hydrogen-bond acceptors (Lipinski definition) is 3. The normalized spacial score (nSPS) is 11.2. The van der Waals surface area contributed by atoms with Crippen LogP contribution >= 0.6 is 0 Å². The molecular weight excluding hydrogens is 200 g/mol. The third kappa shape index (κ3) is 3.65. The quantitative estimate of drug-likeness (QED) is 0.752. The minimum absolute atomic E-state index is 0.0667. The number of nitrogens with one attached hydrogen (secondary N) is 1. The lowest BCUT2D eigenvalue weighted by molar-refractivity contribution is 0.340. The molecule has 16 heavy (non-hydrogen) atoms. The maximum absolute atomic E-state index is 5.83. The van der Waals surface area contributed by atoms with Crippen LogP contribution in [0.1, 0.15) is 34.1 Å². The van der Waals surface area contributed by atoms with E-state index >= 15 is 0 Å². The van der Waals surface area contributed by atoms with Crippen LogP contribution in [0.2, 0.25) is 0 Å². The Bertz CT molecular complexity index is 348. The summed E-state index contributed by atoms with van der Waals surface area (Å²) < 4.78 is 5.46. The van der Waals surface area contributed by atoms with Gasteiger partial charge >= 0.3 is 0 Å². The molecule has 1 aromatic rings. The van der Waals surface area contributed by atoms with E-state index in [1.807, 2.05) is 25.1 Å². The molecule has 0 unspecified atom stereocenters. The van der Waals surface area contributed by atoms with Gasteiger partial charge in [-0.25, -0.2) is 0 Å². The Labute approximate surface area is 98.0 Å². The minimum Gasteiger partial charge on any atom is -0.494 e. The number of nitrogen functional groups attached to an aromatic ring is 1. The van der Waals surface area contributed by atoms with E-state index in [4.69, 9.17) is 10.5 Å². The van der Waals surface area contributed by atoms with Crippen molar-refractivity contribution in [1.82, 2.24) is 0 Å². The Morgan fingerprint density at radius 2 is 1.94 bits per heavy atom. The van der Waals surface area contributed by atoms with Crippen LogP contribution in [-0.2, 0) is 0 Å². The second kappa shape index (κ2) is 5.10. The maximum atomic E-state index is 5.83. The molecule has 0 atom stereocenters. The zero-order chi connectivity index (χ0) is 12.2. The molecule has 0 radical (unpaired) electrons. The highest BCUT2D eigenvalue weighted by Crippen LogP contribution is 2.25. The van der Waals surface area contributed by atoms with Crippen LogP contribution in [0.3, 0.4) is 0 Å². The summed E-state index contributed by atoms with van der Waals surface area (Å²) in [7, 11) is 0. The van der Waals surface area contributed by atoms with Gasteiger partial charge in [0, 0.05) is 29.0 Å². The molecule has 0 fully saturated rings. The van der Waals surface area contributed by atoms with Gasteiger partial charge in [0.25, 0.3) is 0 Å². The molecule has 1 aromatic carbocycles. The Hall–Kier alpha value is -1.38. The Morgan fingerprint density at radius 3 is 2.50 bits per heavy atom. The number of anilines is 2. The van der Waals surface area contributed by atoms with E-state index in [1.165, 1.54) is 0 Å². The van der Waals surface area contributed by atoms with Gasteiger partial charge in [0.05, 0.1) is 6.61 Å². The summed E-state index contributed by atoms with van der Waals surface area (Å²) in [4.78, 5) is 0. The summed E-state index contributed by atoms with van der Waals surface area (Å²) in [5.74, 6) is 0.817. The van der Waals surface area contributed by atoms with Gasteiger partial charge in [-0.2, -0.15) is 0 Å². The molecule has 0 aliphatic carbocycles. The van der Waals surface area contributed by atoms with Gasteiger partial charge in [-0.1, -0.05) is 6.92 Å². The monoisotopic (exact) mass is 222 g/mol. The van der Waals surface area contributed by atoms with E-state index in [2.05, 4.69) is 26.1 Å². The van der Waals surface area contributed by atoms with E-state index in [-0.39, 0.29) is 5.54 Å². The Morgan fingerprint density at radius 1 is 1.25 bits per heavy atom. The van der Waals surface area contributed by atoms with Crippen LogP contribution in [0.15, 0.2) is 18.2 Å². The summed E-state index contributed by atoms with van der Waals surface area (Å²) >= 11 is 0. The molecule has 1 rings (SSSR count). The first-order valence-electron chi connectivity index (χ1n) is 5.78. The van der Waals surface area contributed by atoms with Crippen molar-refractivity contribution in [2.45, 2.75) is 39.7 Å². The summed E-state index contributed by atoms with van der Waals surface area (Å²) in [6.07, 6.45) is 1.05. The zero-order valence-corrected chi connectivity index (χ0v) is 10.6. The average Bonchev–Trinajstić information content (AvgIpc) is 2.16. The van der Waals surface area contributed by atoms with Gasteiger partial charge in [0.2, 0.25) is 0 Å². The number of rotatable bonds is 5. The van der Waals surface area contributed by atoms with Gasteiger partial charge in [-0.05, 0) is 33.3 Å². The maximum Gasteiger partial charge on any atom is 0.123 e. The number of hydrogen-bond donors (Lipinski definition) is 2. The second-order valence-electron chi connectivity index (χ2n) is 4.59. The van der Waals surface area contributed by atoms with Gasteiger partial charge in [0.15, 0.2) is 0 Å². The number of nitrogens with two attached hydrogens (primary N) is 1. The second-order valence-corrected chi connectivity index (χ2v) is 4.59. The van der Waals surface area contributed by atoms with Gasteiger partial charge in [0.1, 0.15) is 5.75 Å². The van der Waals surface area contributed by atoms with Crippen LogP contribution < -0.4 is 15.8 Å². The van der Waals surface area contributed by atoms with Crippen LogP contribution in [-0.4, -0.2) is 12.1 Å². The molecule has 0 heterocycles. The fourth-order valence-electron chi connectivity index (χ4n) is 1.42. The molecule has 0 bridgehead atoms. The van der Waals surface area contributed by atoms with Crippen molar-refractivity contribution >= 4 is 11.4 Å². The van der Waals surface area contributed by atoms with E-state index in [1.54, 1.807) is 0 Å². The SMILES string of the molecule is CCOc1cc(N)cc(NC(C)(C)CC)c1. The van der Waals surface area contributed by atoms with Crippen LogP contribution in [0.4, 0.5) is 11.4 Å². The smallest absolute Gasteiger partial charge is 0.123 e. The van der Waals surface area contributed by atoms with E-state index in [9.17, 15) is 0 Å². The molecule has 0 aliphatic rings. The van der Waals surface area contributed by atoms with E-state index < -0.39 is 0 Å². The number of benzene rings is 1. The van der Waals surface area contributed by atoms with Crippen molar-refractivity contribution in [3.05, 3.63) is 18.2 Å². The lowest BCUT2D eigenvalue weighted by atomic mass is 10.0. The van der Waals surface area contributed by atoms with Crippen molar-refractivity contribution in [1.29, 1.82) is 0 Å². The Balaban J connectivity index is 2.87. The Kier molecular flexibility index (Phi) is 4.05. The van der Waals surface area contributed by atoms with E-state index in [0.29, 0.717) is 6.61 Å². The topological polar surface area (TPSA) is 47.3 Å². The fourth-order valence-corrected chi connectivity index (χ4v) is 1.42. The summed E-state index contributed by atoms with van der Waals surface area (Å²) in [6, 6.07) is 5.75. The highest BCUT2D eigenvalue weighted by atomic mass is 16.5. The minimum atomic E-state index is 0.0667. The molecule has 0 aromatic heterocycles. The fraction of sp³-hybridized carbons (Fsp3) is 0.538. The molecule has 90 valence electrons. The van der Waals surface area contributed by atoms with Crippen molar-refractivity contribution in [3.63, 3.8) is 0 Å². The van der Waals surface area contributed by atoms with Crippen molar-refractivity contribution < 1.29 is 4.74 Å². The molecule has 3 heteroatoms. The molecular formula is C13H22N2O. The molecule has 0 saturated heterocycles. The lowest BCUT2D eigenvalue weighted by Crippen LogP contribution is -2.29. The zero-order valence-electron chi connectivity index (χ0n) is 10.6. The molecule has 0 aliphatic heterocycles. The number of ether oxygens (including phenoxy) is 1. The lowest BCUT2D eigenvalue weighted by Gasteiger charge is -2.26. The summed E-state index contributed by atoms with van der Waals surface area (Å²) in [5.41, 5.74) is 7.63. The van der Waals surface area contributed by atoms with Crippen LogP contribution in [0.25, 0.3) is 0 Å². The predicted octanol–water partition coefficient (Wildman–Crippen LogP) is 3.27. The first-order valence-corrected chi connectivity index (χ1v) is 5.78. The molecule has 0 spiro atoms. The van der Waals surface area contributed by atoms with Crippen LogP contribution in [0, 0.1) is 0 Å². The average molecular weight is 222 g/mol. The first-order chi connectivity index (χ1) is 7.46. The first kappa shape index (κ1) is 12.7. The third-order valence-corrected chi connectivity index (χ3v) is 2.61. The largest absolute Gasteiger partial charge is 0.494 e. The summed E-state index contributed by atoms with van der Waals surface area (Å²) in [6.45, 7) is 9.10. The predicted molar refractivity (Wildman–Crippen MR) is 70.0 cm³/mol. The van der Waals surface area contributed by atoms with Crippen molar-refractivity contribution in [2.24, 2.45) is 0 Å². The van der Waals surface area contributed by atoms with Gasteiger partial charge in [-0.3, -0.25) is 0 Å². The standard InChI is InChI=1S/C13H22N2O/c1-5-13(3,4)15-11-7-10(14)8-12(9-11)16-6-2/h7-9,15H,5-6,14H2,1-4H3. The molecule has 0 saturated carbocycles. The molecule has 3 N–H and O–H groups in total. The van der Waals surface area contributed by atoms with E-state index in [0.717, 1.165) is 23.5 Å². The molecule has 0 amide bonds. The van der Waals surface area contributed by atoms with Gasteiger partial charge in [-0.15, -0.1) is 0 Å². The van der Waals surface area contributed by atoms with Crippen molar-refractivity contribution in [3.8, 4) is 5.75 Å². The van der Waals surface area contributed by atoms with Gasteiger partial charge < -0.3 is 15.8 Å². The van der Waals surface area contributed by atoms with Crippen molar-refractivity contribution in [2.75, 3.05) is 17.7 Å². The highest BCUT2D eigenvalue weighted by molar-refractivity contribution is 5.60. The molecule has 3 nitrogen and oxygen atoms in total. The third-order valence-electron chi connectivity index (χ3n) is 2.61. The summed E-state index contributed by atoms with van der Waals surface area (Å²) in [5, 5.41) is 3.45. The van der Waals surface area contributed by atoms with Crippen LogP contribution in [0.5, 0.6) is 5.75 Å².